The Morgan fingerprint density at radius 2 is 1.44 bits per heavy atom. The van der Waals surface area contributed by atoms with Gasteiger partial charge in [-0.2, -0.15) is 0 Å². The third-order valence-electron chi connectivity index (χ3n) is 3.11. The number of rotatable bonds is 3. The fraction of sp³-hybridized carbons (Fsp3) is 0.500. The van der Waals surface area contributed by atoms with Crippen molar-refractivity contribution in [3.63, 3.8) is 0 Å². The SMILES string of the molecule is Cc1cc(C)c(CC(=O)C(=O)C(C)(C)C)c(C)c1. The van der Waals surface area contributed by atoms with Gasteiger partial charge in [-0.3, -0.25) is 9.59 Å². The van der Waals surface area contributed by atoms with Crippen LogP contribution in [0.2, 0.25) is 0 Å². The van der Waals surface area contributed by atoms with E-state index in [1.54, 1.807) is 20.8 Å². The molecule has 0 aliphatic heterocycles. The molecule has 0 amide bonds. The first kappa shape index (κ1) is 14.6. The normalized spacial score (nSPS) is 11.4. The minimum atomic E-state index is -0.594. The summed E-state index contributed by atoms with van der Waals surface area (Å²) < 4.78 is 0. The lowest BCUT2D eigenvalue weighted by Crippen LogP contribution is -2.30. The van der Waals surface area contributed by atoms with E-state index in [2.05, 4.69) is 12.1 Å². The number of carbonyl (C=O) groups is 2. The summed E-state index contributed by atoms with van der Waals surface area (Å²) in [5, 5.41) is 0. The molecule has 1 aromatic carbocycles. The number of benzene rings is 1. The summed E-state index contributed by atoms with van der Waals surface area (Å²) in [4.78, 5) is 23.9. The smallest absolute Gasteiger partial charge is 0.204 e. The Hall–Kier alpha value is -1.44. The number of aryl methyl sites for hydroxylation is 3. The Morgan fingerprint density at radius 1 is 1.00 bits per heavy atom. The van der Waals surface area contributed by atoms with Crippen LogP contribution in [0.3, 0.4) is 0 Å². The van der Waals surface area contributed by atoms with Crippen molar-refractivity contribution in [3.05, 3.63) is 34.4 Å². The Labute approximate surface area is 109 Å². The quantitative estimate of drug-likeness (QED) is 0.766. The summed E-state index contributed by atoms with van der Waals surface area (Å²) in [7, 11) is 0. The summed E-state index contributed by atoms with van der Waals surface area (Å²) >= 11 is 0. The molecule has 2 heteroatoms. The van der Waals surface area contributed by atoms with E-state index in [0.717, 1.165) is 16.7 Å². The first-order valence-corrected chi connectivity index (χ1v) is 6.27. The van der Waals surface area contributed by atoms with Gasteiger partial charge in [-0.15, -0.1) is 0 Å². The molecule has 0 fully saturated rings. The first-order chi connectivity index (χ1) is 8.12. The lowest BCUT2D eigenvalue weighted by Gasteiger charge is -2.16. The van der Waals surface area contributed by atoms with E-state index in [1.807, 2.05) is 20.8 Å². The molecule has 98 valence electrons. The zero-order valence-electron chi connectivity index (χ0n) is 12.2. The van der Waals surface area contributed by atoms with Gasteiger partial charge in [0.15, 0.2) is 0 Å². The van der Waals surface area contributed by atoms with Gasteiger partial charge in [-0.05, 0) is 37.5 Å². The van der Waals surface area contributed by atoms with Crippen LogP contribution in [0, 0.1) is 26.2 Å². The van der Waals surface area contributed by atoms with Crippen molar-refractivity contribution < 1.29 is 9.59 Å². The van der Waals surface area contributed by atoms with Crippen molar-refractivity contribution in [2.24, 2.45) is 5.41 Å². The molecule has 0 unspecified atom stereocenters. The third-order valence-corrected chi connectivity index (χ3v) is 3.11. The van der Waals surface area contributed by atoms with E-state index in [0.29, 0.717) is 0 Å². The van der Waals surface area contributed by atoms with Crippen molar-refractivity contribution in [1.82, 2.24) is 0 Å². The van der Waals surface area contributed by atoms with E-state index in [9.17, 15) is 9.59 Å². The molecule has 0 N–H and O–H groups in total. The summed E-state index contributed by atoms with van der Waals surface area (Å²) in [5.74, 6) is -0.584. The molecule has 0 radical (unpaired) electrons. The molecule has 0 bridgehead atoms. The highest BCUT2D eigenvalue weighted by Gasteiger charge is 2.28. The van der Waals surface area contributed by atoms with Gasteiger partial charge in [-0.25, -0.2) is 0 Å². The highest BCUT2D eigenvalue weighted by atomic mass is 16.2. The van der Waals surface area contributed by atoms with Crippen LogP contribution < -0.4 is 0 Å². The maximum Gasteiger partial charge on any atom is 0.204 e. The third kappa shape index (κ3) is 3.28. The summed E-state index contributed by atoms with van der Waals surface area (Å²) in [5.41, 5.74) is 3.75. The van der Waals surface area contributed by atoms with Crippen LogP contribution in [0.5, 0.6) is 0 Å². The van der Waals surface area contributed by atoms with Crippen LogP contribution in [0.4, 0.5) is 0 Å². The second kappa shape index (κ2) is 5.05. The maximum absolute atomic E-state index is 12.0. The minimum Gasteiger partial charge on any atom is -0.290 e. The average molecular weight is 246 g/mol. The van der Waals surface area contributed by atoms with E-state index in [1.165, 1.54) is 5.56 Å². The van der Waals surface area contributed by atoms with Crippen molar-refractivity contribution in [2.45, 2.75) is 48.0 Å². The summed E-state index contributed by atoms with van der Waals surface area (Å²) in [6.45, 7) is 11.4. The Balaban J connectivity index is 3.00. The molecule has 1 rings (SSSR count). The number of ketones is 2. The lowest BCUT2D eigenvalue weighted by atomic mass is 9.85. The van der Waals surface area contributed by atoms with Crippen molar-refractivity contribution in [3.8, 4) is 0 Å². The lowest BCUT2D eigenvalue weighted by molar-refractivity contribution is -0.140. The highest BCUT2D eigenvalue weighted by Crippen LogP contribution is 2.20. The second-order valence-corrected chi connectivity index (χ2v) is 6.06. The highest BCUT2D eigenvalue weighted by molar-refractivity contribution is 6.39. The first-order valence-electron chi connectivity index (χ1n) is 6.27. The van der Waals surface area contributed by atoms with Gasteiger partial charge in [0.1, 0.15) is 0 Å². The summed E-state index contributed by atoms with van der Waals surface area (Å²) in [6, 6.07) is 4.11. The second-order valence-electron chi connectivity index (χ2n) is 6.06. The fourth-order valence-corrected chi connectivity index (χ4v) is 2.15. The Kier molecular flexibility index (Phi) is 4.10. The van der Waals surface area contributed by atoms with Crippen molar-refractivity contribution >= 4 is 11.6 Å². The van der Waals surface area contributed by atoms with Gasteiger partial charge in [0.2, 0.25) is 11.6 Å². The van der Waals surface area contributed by atoms with Gasteiger partial charge >= 0.3 is 0 Å². The van der Waals surface area contributed by atoms with Crippen LogP contribution >= 0.6 is 0 Å². The molecule has 0 aliphatic rings. The van der Waals surface area contributed by atoms with Crippen molar-refractivity contribution in [2.75, 3.05) is 0 Å². The van der Waals surface area contributed by atoms with Gasteiger partial charge in [0, 0.05) is 11.8 Å². The molecule has 0 aliphatic carbocycles. The van der Waals surface area contributed by atoms with Gasteiger partial charge in [-0.1, -0.05) is 38.5 Å². The van der Waals surface area contributed by atoms with Crippen LogP contribution in [0.1, 0.15) is 43.0 Å². The van der Waals surface area contributed by atoms with Crippen LogP contribution in [-0.4, -0.2) is 11.6 Å². The minimum absolute atomic E-state index is 0.216. The molecule has 0 spiro atoms. The fourth-order valence-electron chi connectivity index (χ4n) is 2.15. The molecular weight excluding hydrogens is 224 g/mol. The molecule has 0 saturated carbocycles. The number of Topliss-reactive ketones (excluding diaryl/α,β-unsaturated/α-hetero) is 2. The van der Waals surface area contributed by atoms with Crippen LogP contribution in [0.25, 0.3) is 0 Å². The van der Waals surface area contributed by atoms with Gasteiger partial charge in [0.05, 0.1) is 0 Å². The predicted octanol–water partition coefficient (Wildman–Crippen LogP) is 3.34. The zero-order chi connectivity index (χ0) is 14.1. The molecule has 0 aromatic heterocycles. The van der Waals surface area contributed by atoms with Gasteiger partial charge in [0.25, 0.3) is 0 Å². The van der Waals surface area contributed by atoms with E-state index < -0.39 is 5.41 Å². The van der Waals surface area contributed by atoms with Crippen molar-refractivity contribution in [1.29, 1.82) is 0 Å². The number of carbonyl (C=O) groups excluding carboxylic acids is 2. The van der Waals surface area contributed by atoms with E-state index >= 15 is 0 Å². The van der Waals surface area contributed by atoms with Crippen LogP contribution in [0.15, 0.2) is 12.1 Å². The topological polar surface area (TPSA) is 34.1 Å². The molecule has 0 atom stereocenters. The summed E-state index contributed by atoms with van der Waals surface area (Å²) in [6.07, 6.45) is 0.216. The molecular formula is C16H22O2. The molecule has 0 saturated heterocycles. The Bertz CT molecular complexity index is 467. The average Bonchev–Trinajstić information content (AvgIpc) is 2.20. The maximum atomic E-state index is 12.0. The Morgan fingerprint density at radius 3 is 1.83 bits per heavy atom. The molecule has 2 nitrogen and oxygen atoms in total. The van der Waals surface area contributed by atoms with Crippen LogP contribution in [-0.2, 0) is 16.0 Å². The molecule has 1 aromatic rings. The van der Waals surface area contributed by atoms with E-state index in [-0.39, 0.29) is 18.0 Å². The number of hydrogen-bond donors (Lipinski definition) is 0. The molecule has 0 heterocycles. The zero-order valence-corrected chi connectivity index (χ0v) is 12.2. The number of hydrogen-bond acceptors (Lipinski definition) is 2. The largest absolute Gasteiger partial charge is 0.290 e. The van der Waals surface area contributed by atoms with E-state index in [4.69, 9.17) is 0 Å². The monoisotopic (exact) mass is 246 g/mol. The predicted molar refractivity (Wildman–Crippen MR) is 73.8 cm³/mol. The standard InChI is InChI=1S/C16H22O2/c1-10-7-11(2)13(12(3)8-10)9-14(17)15(18)16(4,5)6/h7-8H,9H2,1-6H3. The van der Waals surface area contributed by atoms with Gasteiger partial charge < -0.3 is 0 Å². The molecule has 18 heavy (non-hydrogen) atoms.